The summed E-state index contributed by atoms with van der Waals surface area (Å²) >= 11 is 0. The summed E-state index contributed by atoms with van der Waals surface area (Å²) in [5.41, 5.74) is 0.351. The van der Waals surface area contributed by atoms with E-state index >= 15 is 0 Å². The first kappa shape index (κ1) is 13.4. The van der Waals surface area contributed by atoms with Crippen molar-refractivity contribution >= 4 is 5.95 Å². The van der Waals surface area contributed by atoms with Gasteiger partial charge in [-0.3, -0.25) is 0 Å². The molecule has 0 saturated carbocycles. The lowest BCUT2D eigenvalue weighted by atomic mass is 10.1. The fraction of sp³-hybridized carbons (Fsp3) is 0.583. The molecule has 0 atom stereocenters. The second kappa shape index (κ2) is 6.81. The van der Waals surface area contributed by atoms with Crippen LogP contribution in [0.1, 0.15) is 32.4 Å². The fourth-order valence-electron chi connectivity index (χ4n) is 1.83. The van der Waals surface area contributed by atoms with Crippen LogP contribution < -0.4 is 4.90 Å². The van der Waals surface area contributed by atoms with Crippen molar-refractivity contribution in [3.8, 4) is 6.07 Å². The van der Waals surface area contributed by atoms with E-state index in [-0.39, 0.29) is 12.6 Å². The van der Waals surface area contributed by atoms with Crippen LogP contribution in [0.5, 0.6) is 0 Å². The number of aliphatic hydroxyl groups excluding tert-OH is 1. The maximum absolute atomic E-state index is 9.10. The molecule has 1 rings (SSSR count). The molecule has 0 aliphatic rings. The van der Waals surface area contributed by atoms with E-state index in [1.807, 2.05) is 11.0 Å². The third-order valence-corrected chi connectivity index (χ3v) is 2.74. The smallest absolute Gasteiger partial charge is 0.226 e. The van der Waals surface area contributed by atoms with E-state index in [2.05, 4.69) is 23.8 Å². The highest BCUT2D eigenvalue weighted by molar-refractivity contribution is 5.34. The highest BCUT2D eigenvalue weighted by atomic mass is 16.3. The Balaban J connectivity index is 3.00. The monoisotopic (exact) mass is 234 g/mol. The molecule has 0 spiro atoms. The van der Waals surface area contributed by atoms with Gasteiger partial charge in [-0.1, -0.05) is 13.8 Å². The molecule has 0 saturated heterocycles. The second-order valence-corrected chi connectivity index (χ2v) is 3.74. The van der Waals surface area contributed by atoms with E-state index < -0.39 is 0 Å². The van der Waals surface area contributed by atoms with E-state index in [4.69, 9.17) is 10.4 Å². The van der Waals surface area contributed by atoms with Gasteiger partial charge in [0.2, 0.25) is 5.95 Å². The van der Waals surface area contributed by atoms with Gasteiger partial charge >= 0.3 is 0 Å². The average molecular weight is 234 g/mol. The van der Waals surface area contributed by atoms with Crippen LogP contribution in [0.2, 0.25) is 0 Å². The van der Waals surface area contributed by atoms with Crippen molar-refractivity contribution < 1.29 is 5.11 Å². The van der Waals surface area contributed by atoms with Gasteiger partial charge in [-0.2, -0.15) is 5.26 Å². The zero-order valence-corrected chi connectivity index (χ0v) is 10.3. The number of aliphatic hydroxyl groups is 1. The van der Waals surface area contributed by atoms with Crippen LogP contribution in [-0.2, 0) is 0 Å². The van der Waals surface area contributed by atoms with E-state index in [1.54, 1.807) is 12.3 Å². The van der Waals surface area contributed by atoms with Gasteiger partial charge < -0.3 is 10.0 Å². The molecule has 0 aliphatic carbocycles. The van der Waals surface area contributed by atoms with Gasteiger partial charge in [-0.25, -0.2) is 9.97 Å². The van der Waals surface area contributed by atoms with Gasteiger partial charge in [0.15, 0.2) is 0 Å². The molecule has 0 unspecified atom stereocenters. The first-order valence-electron chi connectivity index (χ1n) is 5.87. The van der Waals surface area contributed by atoms with Crippen molar-refractivity contribution in [2.75, 3.05) is 18.1 Å². The number of nitriles is 1. The summed E-state index contributed by atoms with van der Waals surface area (Å²) < 4.78 is 0. The van der Waals surface area contributed by atoms with Gasteiger partial charge in [0, 0.05) is 18.8 Å². The molecule has 92 valence electrons. The molecule has 1 aromatic heterocycles. The zero-order valence-electron chi connectivity index (χ0n) is 10.3. The standard InChI is InChI=1S/C12H18N4O/c1-3-11(4-2)16(7-8-17)12-14-6-5-10(9-13)15-12/h5-6,11,17H,3-4,7-8H2,1-2H3. The highest BCUT2D eigenvalue weighted by Crippen LogP contribution is 2.15. The van der Waals surface area contributed by atoms with Crippen LogP contribution >= 0.6 is 0 Å². The third kappa shape index (κ3) is 3.40. The van der Waals surface area contributed by atoms with Gasteiger partial charge in [0.25, 0.3) is 0 Å². The van der Waals surface area contributed by atoms with Gasteiger partial charge in [0.1, 0.15) is 11.8 Å². The van der Waals surface area contributed by atoms with E-state index in [9.17, 15) is 0 Å². The minimum absolute atomic E-state index is 0.0522. The number of rotatable bonds is 6. The number of nitrogens with zero attached hydrogens (tertiary/aromatic N) is 4. The van der Waals surface area contributed by atoms with Crippen LogP contribution in [0.4, 0.5) is 5.95 Å². The van der Waals surface area contributed by atoms with Crippen LogP contribution in [0.15, 0.2) is 12.3 Å². The summed E-state index contributed by atoms with van der Waals surface area (Å²) in [5, 5.41) is 17.9. The molecule has 0 fully saturated rings. The van der Waals surface area contributed by atoms with Crippen molar-refractivity contribution in [2.24, 2.45) is 0 Å². The van der Waals surface area contributed by atoms with E-state index in [0.29, 0.717) is 18.2 Å². The molecule has 5 heteroatoms. The van der Waals surface area contributed by atoms with Crippen molar-refractivity contribution in [2.45, 2.75) is 32.7 Å². The lowest BCUT2D eigenvalue weighted by Crippen LogP contribution is -2.38. The molecule has 0 amide bonds. The first-order valence-corrected chi connectivity index (χ1v) is 5.87. The molecule has 1 N–H and O–H groups in total. The Morgan fingerprint density at radius 3 is 2.71 bits per heavy atom. The van der Waals surface area contributed by atoms with Crippen molar-refractivity contribution in [1.82, 2.24) is 9.97 Å². The lowest BCUT2D eigenvalue weighted by molar-refractivity contribution is 0.295. The number of hydrogen-bond donors (Lipinski definition) is 1. The summed E-state index contributed by atoms with van der Waals surface area (Å²) in [6.45, 7) is 4.72. The number of aromatic nitrogens is 2. The topological polar surface area (TPSA) is 73.0 Å². The summed E-state index contributed by atoms with van der Waals surface area (Å²) in [4.78, 5) is 10.3. The minimum Gasteiger partial charge on any atom is -0.395 e. The average Bonchev–Trinajstić information content (AvgIpc) is 2.39. The molecule has 0 aromatic carbocycles. The van der Waals surface area contributed by atoms with Crippen molar-refractivity contribution in [1.29, 1.82) is 5.26 Å². The fourth-order valence-corrected chi connectivity index (χ4v) is 1.83. The molecule has 0 radical (unpaired) electrons. The SMILES string of the molecule is CCC(CC)N(CCO)c1nccc(C#N)n1. The Hall–Kier alpha value is -1.67. The van der Waals surface area contributed by atoms with Gasteiger partial charge in [-0.15, -0.1) is 0 Å². The Kier molecular flexibility index (Phi) is 5.37. The zero-order chi connectivity index (χ0) is 12.7. The van der Waals surface area contributed by atoms with Crippen LogP contribution in [0.25, 0.3) is 0 Å². The minimum atomic E-state index is 0.0522. The third-order valence-electron chi connectivity index (χ3n) is 2.74. The Morgan fingerprint density at radius 1 is 1.47 bits per heavy atom. The quantitative estimate of drug-likeness (QED) is 0.804. The predicted octanol–water partition coefficient (Wildman–Crippen LogP) is 1.34. The molecule has 5 nitrogen and oxygen atoms in total. The molecule has 1 aromatic rings. The van der Waals surface area contributed by atoms with Crippen molar-refractivity contribution in [3.63, 3.8) is 0 Å². The Morgan fingerprint density at radius 2 is 2.18 bits per heavy atom. The lowest BCUT2D eigenvalue weighted by Gasteiger charge is -2.29. The van der Waals surface area contributed by atoms with E-state index in [1.165, 1.54) is 0 Å². The molecule has 0 bridgehead atoms. The normalized spacial score (nSPS) is 10.3. The maximum Gasteiger partial charge on any atom is 0.226 e. The number of anilines is 1. The first-order chi connectivity index (χ1) is 8.26. The van der Waals surface area contributed by atoms with Gasteiger partial charge in [0.05, 0.1) is 6.61 Å². The maximum atomic E-state index is 9.10. The number of hydrogen-bond acceptors (Lipinski definition) is 5. The summed E-state index contributed by atoms with van der Waals surface area (Å²) in [6, 6.07) is 3.86. The second-order valence-electron chi connectivity index (χ2n) is 3.74. The summed E-state index contributed by atoms with van der Waals surface area (Å²) in [7, 11) is 0. The molecule has 1 heterocycles. The van der Waals surface area contributed by atoms with Crippen LogP contribution in [0, 0.1) is 11.3 Å². The highest BCUT2D eigenvalue weighted by Gasteiger charge is 2.17. The summed E-state index contributed by atoms with van der Waals surface area (Å²) in [5.74, 6) is 0.520. The predicted molar refractivity (Wildman–Crippen MR) is 65.5 cm³/mol. The Labute approximate surface area is 102 Å². The summed E-state index contributed by atoms with van der Waals surface area (Å²) in [6.07, 6.45) is 3.49. The van der Waals surface area contributed by atoms with Crippen molar-refractivity contribution in [3.05, 3.63) is 18.0 Å². The molecule has 0 aliphatic heterocycles. The van der Waals surface area contributed by atoms with Gasteiger partial charge in [-0.05, 0) is 18.9 Å². The largest absolute Gasteiger partial charge is 0.395 e. The van der Waals surface area contributed by atoms with Crippen LogP contribution in [0.3, 0.4) is 0 Å². The molecular formula is C12H18N4O. The Bertz CT molecular complexity index is 384. The van der Waals surface area contributed by atoms with Crippen LogP contribution in [-0.4, -0.2) is 34.3 Å². The van der Waals surface area contributed by atoms with E-state index in [0.717, 1.165) is 12.8 Å². The molecule has 17 heavy (non-hydrogen) atoms. The molecular weight excluding hydrogens is 216 g/mol.